The van der Waals surface area contributed by atoms with Crippen molar-refractivity contribution in [2.45, 2.75) is 30.9 Å². The number of nitrogens with one attached hydrogen (secondary N) is 1. The van der Waals surface area contributed by atoms with E-state index in [0.29, 0.717) is 0 Å². The number of carbonyl (C=O) groups is 1. The van der Waals surface area contributed by atoms with Crippen molar-refractivity contribution >= 4 is 40.4 Å². The molecule has 0 fully saturated rings. The third-order valence-corrected chi connectivity index (χ3v) is 6.09. The highest BCUT2D eigenvalue weighted by Crippen LogP contribution is 2.54. The highest BCUT2D eigenvalue weighted by molar-refractivity contribution is 6.32. The molecule has 4 heterocycles. The third-order valence-electron chi connectivity index (χ3n) is 5.63. The number of alkyl halides is 3. The molecule has 0 saturated heterocycles. The second kappa shape index (κ2) is 7.39. The van der Waals surface area contributed by atoms with Gasteiger partial charge in [-0.1, -0.05) is 23.2 Å². The predicted molar refractivity (Wildman–Crippen MR) is 112 cm³/mol. The van der Waals surface area contributed by atoms with Gasteiger partial charge >= 0.3 is 6.18 Å². The van der Waals surface area contributed by atoms with Crippen LogP contribution in [0.2, 0.25) is 10.2 Å². The van der Waals surface area contributed by atoms with E-state index in [1.54, 1.807) is 0 Å². The second-order valence-electron chi connectivity index (χ2n) is 7.72. The molecule has 33 heavy (non-hydrogen) atoms. The number of pyridine rings is 1. The molecule has 4 aromatic heterocycles. The van der Waals surface area contributed by atoms with Crippen LogP contribution in [0.3, 0.4) is 0 Å². The van der Waals surface area contributed by atoms with Gasteiger partial charge in [0.25, 0.3) is 0 Å². The van der Waals surface area contributed by atoms with Crippen LogP contribution >= 0.6 is 23.2 Å². The molecule has 170 valence electrons. The molecule has 1 N–H and O–H groups in total. The molecule has 0 spiro atoms. The number of amides is 1. The highest BCUT2D eigenvalue weighted by Gasteiger charge is 2.60. The Morgan fingerprint density at radius 3 is 2.58 bits per heavy atom. The van der Waals surface area contributed by atoms with Gasteiger partial charge in [-0.2, -0.15) is 28.5 Å². The Balaban J connectivity index is 1.51. The van der Waals surface area contributed by atoms with E-state index in [9.17, 15) is 18.0 Å². The Bertz CT molecular complexity index is 1390. The van der Waals surface area contributed by atoms with Gasteiger partial charge in [0.05, 0.1) is 40.9 Å². The van der Waals surface area contributed by atoms with E-state index in [1.807, 2.05) is 0 Å². The number of nitrogens with zero attached hydrogens (tertiary/aromatic N) is 7. The Hall–Kier alpha value is -3.25. The zero-order chi connectivity index (χ0) is 23.5. The van der Waals surface area contributed by atoms with Gasteiger partial charge in [0.2, 0.25) is 5.91 Å². The van der Waals surface area contributed by atoms with Crippen molar-refractivity contribution in [2.24, 2.45) is 0 Å². The van der Waals surface area contributed by atoms with E-state index in [2.05, 4.69) is 30.6 Å². The molecule has 2 atom stereocenters. The topological polar surface area (TPSA) is 103 Å². The monoisotopic (exact) mass is 496 g/mol. The fourth-order valence-electron chi connectivity index (χ4n) is 4.03. The number of rotatable bonds is 3. The van der Waals surface area contributed by atoms with Gasteiger partial charge in [-0.25, -0.2) is 14.5 Å². The molecular formula is C19H13Cl2F3N8O. The lowest BCUT2D eigenvalue weighted by Crippen LogP contribution is -2.39. The first-order chi connectivity index (χ1) is 15.6. The summed E-state index contributed by atoms with van der Waals surface area (Å²) < 4.78 is 43.6. The van der Waals surface area contributed by atoms with Gasteiger partial charge in [0.1, 0.15) is 5.41 Å². The molecule has 1 aliphatic carbocycles. The summed E-state index contributed by atoms with van der Waals surface area (Å²) in [6.07, 6.45) is 0.304. The molecule has 9 nitrogen and oxygen atoms in total. The summed E-state index contributed by atoms with van der Waals surface area (Å²) in [6.45, 7) is 1.04. The standard InChI is InChI=1S/C19H13Cl2F3N8O/c1-18(19(22,23)24)6-10(11-8-25-14-5-13(21)30-31(14)15(11)18)17(33)29-9-4-12(20)16(26-7-9)32-27-2-3-28-32/h2-5,7-8,10H,6H2,1H3,(H,29,33)/t10-,18+/m1/s1. The Labute approximate surface area is 193 Å². The summed E-state index contributed by atoms with van der Waals surface area (Å²) in [5.41, 5.74) is -2.01. The fraction of sp³-hybridized carbons (Fsp3) is 0.263. The van der Waals surface area contributed by atoms with E-state index in [-0.39, 0.29) is 38.6 Å². The first kappa shape index (κ1) is 21.6. The number of hydrogen-bond donors (Lipinski definition) is 1. The smallest absolute Gasteiger partial charge is 0.324 e. The van der Waals surface area contributed by atoms with E-state index < -0.39 is 29.8 Å². The van der Waals surface area contributed by atoms with E-state index in [0.717, 1.165) is 11.4 Å². The summed E-state index contributed by atoms with van der Waals surface area (Å²) in [7, 11) is 0. The van der Waals surface area contributed by atoms with Crippen LogP contribution in [0.4, 0.5) is 18.9 Å². The molecule has 14 heteroatoms. The number of aromatic nitrogens is 7. The largest absolute Gasteiger partial charge is 0.399 e. The van der Waals surface area contributed by atoms with E-state index in [1.165, 1.54) is 41.7 Å². The van der Waals surface area contributed by atoms with Gasteiger partial charge in [0.15, 0.2) is 16.6 Å². The van der Waals surface area contributed by atoms with Crippen LogP contribution < -0.4 is 5.32 Å². The number of anilines is 1. The SMILES string of the molecule is C[C@]1(C(F)(F)F)C[C@@H](C(=O)Nc2cnc(-n3nccn3)c(Cl)c2)c2cnc3cc(Cl)nn3c21. The van der Waals surface area contributed by atoms with Crippen LogP contribution in [0.15, 0.2) is 36.9 Å². The average Bonchev–Trinajstić information content (AvgIpc) is 3.45. The molecule has 4 aromatic rings. The van der Waals surface area contributed by atoms with Crippen LogP contribution in [0, 0.1) is 0 Å². The normalized spacial score (nSPS) is 20.2. The summed E-state index contributed by atoms with van der Waals surface area (Å²) in [6, 6.07) is 2.77. The summed E-state index contributed by atoms with van der Waals surface area (Å²) in [4.78, 5) is 22.6. The highest BCUT2D eigenvalue weighted by atomic mass is 35.5. The minimum absolute atomic E-state index is 0.000744. The number of hydrogen-bond acceptors (Lipinski definition) is 6. The van der Waals surface area contributed by atoms with Crippen molar-refractivity contribution < 1.29 is 18.0 Å². The number of halogens is 5. The zero-order valence-corrected chi connectivity index (χ0v) is 18.2. The van der Waals surface area contributed by atoms with Gasteiger partial charge in [0, 0.05) is 17.8 Å². The quantitative estimate of drug-likeness (QED) is 0.460. The van der Waals surface area contributed by atoms with Crippen LogP contribution in [0.1, 0.15) is 30.5 Å². The van der Waals surface area contributed by atoms with Gasteiger partial charge in [-0.3, -0.25) is 4.79 Å². The molecule has 0 radical (unpaired) electrons. The minimum atomic E-state index is -4.65. The zero-order valence-electron chi connectivity index (χ0n) is 16.7. The molecule has 0 unspecified atom stereocenters. The maximum atomic E-state index is 14.2. The lowest BCUT2D eigenvalue weighted by Gasteiger charge is -2.28. The van der Waals surface area contributed by atoms with Crippen LogP contribution in [0.25, 0.3) is 11.5 Å². The number of carbonyl (C=O) groups excluding carboxylic acids is 1. The minimum Gasteiger partial charge on any atom is -0.324 e. The van der Waals surface area contributed by atoms with Gasteiger partial charge in [-0.15, -0.1) is 4.80 Å². The fourth-order valence-corrected chi connectivity index (χ4v) is 4.44. The summed E-state index contributed by atoms with van der Waals surface area (Å²) in [5.74, 6) is -1.57. The van der Waals surface area contributed by atoms with Gasteiger partial charge in [-0.05, 0) is 19.4 Å². The molecule has 0 bridgehead atoms. The maximum absolute atomic E-state index is 14.2. The van der Waals surface area contributed by atoms with Crippen molar-refractivity contribution in [2.75, 3.05) is 5.32 Å². The Morgan fingerprint density at radius 2 is 1.91 bits per heavy atom. The lowest BCUT2D eigenvalue weighted by atomic mass is 9.85. The Kier molecular flexibility index (Phi) is 4.83. The van der Waals surface area contributed by atoms with Crippen molar-refractivity contribution in [1.29, 1.82) is 0 Å². The second-order valence-corrected chi connectivity index (χ2v) is 8.52. The van der Waals surface area contributed by atoms with Crippen LogP contribution in [-0.4, -0.2) is 46.7 Å². The Morgan fingerprint density at radius 1 is 1.18 bits per heavy atom. The molecule has 0 aromatic carbocycles. The molecule has 1 amide bonds. The molecule has 5 rings (SSSR count). The third kappa shape index (κ3) is 3.40. The lowest BCUT2D eigenvalue weighted by molar-refractivity contribution is -0.187. The van der Waals surface area contributed by atoms with Crippen molar-refractivity contribution in [1.82, 2.24) is 34.6 Å². The summed E-state index contributed by atoms with van der Waals surface area (Å²) in [5, 5.41) is 14.6. The first-order valence-corrected chi connectivity index (χ1v) is 10.3. The molecule has 0 aliphatic heterocycles. The van der Waals surface area contributed by atoms with Crippen molar-refractivity contribution in [3.05, 3.63) is 58.4 Å². The van der Waals surface area contributed by atoms with E-state index in [4.69, 9.17) is 23.2 Å². The predicted octanol–water partition coefficient (Wildman–Crippen LogP) is 3.96. The number of fused-ring (bicyclic) bond motifs is 3. The first-order valence-electron chi connectivity index (χ1n) is 9.53. The van der Waals surface area contributed by atoms with Crippen LogP contribution in [0.5, 0.6) is 0 Å². The molecule has 1 aliphatic rings. The van der Waals surface area contributed by atoms with Gasteiger partial charge < -0.3 is 5.32 Å². The average molecular weight is 497 g/mol. The summed E-state index contributed by atoms with van der Waals surface area (Å²) >= 11 is 12.1. The van der Waals surface area contributed by atoms with Crippen LogP contribution in [-0.2, 0) is 10.2 Å². The molecular weight excluding hydrogens is 484 g/mol. The molecule has 0 saturated carbocycles. The maximum Gasteiger partial charge on any atom is 0.399 e. The van der Waals surface area contributed by atoms with E-state index >= 15 is 0 Å². The van der Waals surface area contributed by atoms with Crippen molar-refractivity contribution in [3.8, 4) is 5.82 Å². The van der Waals surface area contributed by atoms with Crippen molar-refractivity contribution in [3.63, 3.8) is 0 Å².